The molecule has 2 rings (SSSR count). The van der Waals surface area contributed by atoms with Crippen LogP contribution >= 0.6 is 0 Å². The number of benzene rings is 1. The summed E-state index contributed by atoms with van der Waals surface area (Å²) in [4.78, 5) is 20.4. The molecular weight excluding hydrogens is 349 g/mol. The minimum atomic E-state index is -4.65. The van der Waals surface area contributed by atoms with Crippen molar-refractivity contribution >= 4 is 12.1 Å². The summed E-state index contributed by atoms with van der Waals surface area (Å²) in [6.45, 7) is -0.0834. The molecule has 9 heteroatoms. The van der Waals surface area contributed by atoms with Crippen LogP contribution in [0.5, 0.6) is 0 Å². The average Bonchev–Trinajstić information content (AvgIpc) is 2.64. The lowest BCUT2D eigenvalue weighted by atomic mass is 10.1. The van der Waals surface area contributed by atoms with Crippen LogP contribution in [0.2, 0.25) is 0 Å². The zero-order valence-corrected chi connectivity index (χ0v) is 13.3. The lowest BCUT2D eigenvalue weighted by molar-refractivity contribution is -0.138. The van der Waals surface area contributed by atoms with Crippen LogP contribution < -0.4 is 5.32 Å². The molecule has 0 aliphatic carbocycles. The molecule has 0 saturated heterocycles. The average molecular weight is 362 g/mol. The fraction of sp³-hybridized carbons (Fsp3) is 0.176. The maximum atomic E-state index is 12.8. The summed E-state index contributed by atoms with van der Waals surface area (Å²) in [5.41, 5.74) is -0.544. The van der Waals surface area contributed by atoms with E-state index in [9.17, 15) is 18.0 Å². The summed E-state index contributed by atoms with van der Waals surface area (Å²) < 4.78 is 38.5. The van der Waals surface area contributed by atoms with E-state index in [0.29, 0.717) is 11.1 Å². The molecule has 1 N–H and O–H groups in total. The molecule has 0 unspecified atom stereocenters. The molecule has 0 fully saturated rings. The van der Waals surface area contributed by atoms with Gasteiger partial charge in [-0.25, -0.2) is 0 Å². The number of hydrogen-bond donors (Lipinski definition) is 1. The Morgan fingerprint density at radius 2 is 2.12 bits per heavy atom. The second kappa shape index (κ2) is 8.62. The van der Waals surface area contributed by atoms with E-state index in [-0.39, 0.29) is 13.2 Å². The fourth-order valence-electron chi connectivity index (χ4n) is 2.01. The zero-order valence-electron chi connectivity index (χ0n) is 13.3. The first kappa shape index (κ1) is 18.9. The Morgan fingerprint density at radius 3 is 2.85 bits per heavy atom. The number of nitrogens with zero attached hydrogens (tertiary/aromatic N) is 3. The van der Waals surface area contributed by atoms with Crippen molar-refractivity contribution < 1.29 is 22.8 Å². The second-order valence-electron chi connectivity index (χ2n) is 4.96. The molecule has 2 aromatic rings. The van der Waals surface area contributed by atoms with E-state index in [1.165, 1.54) is 6.21 Å². The summed E-state index contributed by atoms with van der Waals surface area (Å²) in [6.07, 6.45) is -1.64. The molecule has 134 valence electrons. The highest BCUT2D eigenvalue weighted by Gasteiger charge is 2.35. The van der Waals surface area contributed by atoms with Crippen LogP contribution in [0.3, 0.4) is 0 Å². The van der Waals surface area contributed by atoms with Crippen molar-refractivity contribution in [2.24, 2.45) is 5.16 Å². The van der Waals surface area contributed by atoms with Gasteiger partial charge >= 0.3 is 6.18 Å². The number of amides is 1. The SMILES string of the molecule is N#Cc1ccccc1CON=CCNC(=O)c1cnccc1C(F)(F)F. The van der Waals surface area contributed by atoms with Gasteiger partial charge in [-0.1, -0.05) is 23.4 Å². The van der Waals surface area contributed by atoms with Gasteiger partial charge in [0.1, 0.15) is 6.61 Å². The monoisotopic (exact) mass is 362 g/mol. The summed E-state index contributed by atoms with van der Waals surface area (Å²) in [5, 5.41) is 14.8. The van der Waals surface area contributed by atoms with Gasteiger partial charge < -0.3 is 10.2 Å². The van der Waals surface area contributed by atoms with Gasteiger partial charge in [0.2, 0.25) is 0 Å². The molecule has 0 aliphatic rings. The molecule has 1 heterocycles. The van der Waals surface area contributed by atoms with E-state index in [4.69, 9.17) is 10.1 Å². The van der Waals surface area contributed by atoms with Gasteiger partial charge in [0.05, 0.1) is 35.5 Å². The Labute approximate surface area is 146 Å². The van der Waals surface area contributed by atoms with Crippen molar-refractivity contribution in [2.75, 3.05) is 6.54 Å². The third kappa shape index (κ3) is 5.04. The standard InChI is InChI=1S/C17H13F3N4O2/c18-17(19,20)15-5-6-22-10-14(15)16(25)23-7-8-24-26-11-13-4-2-1-3-12(13)9-21/h1-6,8,10H,7,11H2,(H,23,25). The Morgan fingerprint density at radius 1 is 1.35 bits per heavy atom. The van der Waals surface area contributed by atoms with Crippen molar-refractivity contribution in [3.05, 3.63) is 65.0 Å². The molecule has 0 bridgehead atoms. The first-order chi connectivity index (χ1) is 12.4. The normalized spacial score (nSPS) is 11.2. The molecule has 26 heavy (non-hydrogen) atoms. The topological polar surface area (TPSA) is 87.4 Å². The largest absolute Gasteiger partial charge is 0.417 e. The molecule has 1 aromatic carbocycles. The van der Waals surface area contributed by atoms with Crippen molar-refractivity contribution in [1.82, 2.24) is 10.3 Å². The predicted molar refractivity (Wildman–Crippen MR) is 86.0 cm³/mol. The molecule has 6 nitrogen and oxygen atoms in total. The molecule has 0 saturated carbocycles. The smallest absolute Gasteiger partial charge is 0.391 e. The van der Waals surface area contributed by atoms with Crippen LogP contribution in [-0.4, -0.2) is 23.7 Å². The van der Waals surface area contributed by atoms with E-state index >= 15 is 0 Å². The number of carbonyl (C=O) groups is 1. The van der Waals surface area contributed by atoms with Gasteiger partial charge in [0.25, 0.3) is 5.91 Å². The Hall–Kier alpha value is -3.41. The molecule has 0 aliphatic heterocycles. The number of alkyl halides is 3. The fourth-order valence-corrected chi connectivity index (χ4v) is 2.01. The van der Waals surface area contributed by atoms with Crippen LogP contribution in [-0.2, 0) is 17.6 Å². The molecule has 1 aromatic heterocycles. The van der Waals surface area contributed by atoms with E-state index in [1.54, 1.807) is 24.3 Å². The first-order valence-electron chi connectivity index (χ1n) is 7.34. The predicted octanol–water partition coefficient (Wildman–Crippen LogP) is 2.90. The first-order valence-corrected chi connectivity index (χ1v) is 7.34. The second-order valence-corrected chi connectivity index (χ2v) is 4.96. The molecule has 0 radical (unpaired) electrons. The highest BCUT2D eigenvalue weighted by molar-refractivity contribution is 5.96. The molecule has 1 amide bonds. The number of hydrogen-bond acceptors (Lipinski definition) is 5. The summed E-state index contributed by atoms with van der Waals surface area (Å²) >= 11 is 0. The van der Waals surface area contributed by atoms with Crippen molar-refractivity contribution in [3.8, 4) is 6.07 Å². The van der Waals surface area contributed by atoms with Crippen LogP contribution in [0.4, 0.5) is 13.2 Å². The van der Waals surface area contributed by atoms with Gasteiger partial charge in [-0.05, 0) is 12.1 Å². The van der Waals surface area contributed by atoms with Crippen molar-refractivity contribution in [2.45, 2.75) is 12.8 Å². The van der Waals surface area contributed by atoms with Crippen LogP contribution in [0.1, 0.15) is 27.0 Å². The van der Waals surface area contributed by atoms with Gasteiger partial charge in [0.15, 0.2) is 0 Å². The Balaban J connectivity index is 1.86. The van der Waals surface area contributed by atoms with Crippen molar-refractivity contribution in [3.63, 3.8) is 0 Å². The number of aromatic nitrogens is 1. The number of rotatable bonds is 6. The van der Waals surface area contributed by atoms with Crippen LogP contribution in [0.25, 0.3) is 0 Å². The third-order valence-corrected chi connectivity index (χ3v) is 3.23. The summed E-state index contributed by atoms with van der Waals surface area (Å²) in [5.74, 6) is -0.924. The van der Waals surface area contributed by atoms with E-state index in [2.05, 4.69) is 15.5 Å². The Kier molecular flexibility index (Phi) is 6.27. The maximum Gasteiger partial charge on any atom is 0.417 e. The minimum Gasteiger partial charge on any atom is -0.391 e. The number of nitriles is 1. The summed E-state index contributed by atoms with van der Waals surface area (Å²) in [6, 6.07) is 9.55. The lowest BCUT2D eigenvalue weighted by Crippen LogP contribution is -2.28. The molecule has 0 spiro atoms. The number of carbonyl (C=O) groups excluding carboxylic acids is 1. The maximum absolute atomic E-state index is 12.8. The quantitative estimate of drug-likeness (QED) is 0.632. The van der Waals surface area contributed by atoms with Crippen molar-refractivity contribution in [1.29, 1.82) is 5.26 Å². The number of nitrogens with one attached hydrogen (secondary N) is 1. The minimum absolute atomic E-state index is 0.0506. The van der Waals surface area contributed by atoms with Gasteiger partial charge in [-0.15, -0.1) is 0 Å². The molecular formula is C17H13F3N4O2. The molecule has 0 atom stereocenters. The van der Waals surface area contributed by atoms with Gasteiger partial charge in [0, 0.05) is 18.0 Å². The van der Waals surface area contributed by atoms with Gasteiger partial charge in [-0.3, -0.25) is 9.78 Å². The number of pyridine rings is 1. The summed E-state index contributed by atoms with van der Waals surface area (Å²) in [7, 11) is 0. The number of halogens is 3. The van der Waals surface area contributed by atoms with E-state index < -0.39 is 23.2 Å². The highest BCUT2D eigenvalue weighted by atomic mass is 19.4. The Bertz CT molecular complexity index is 844. The van der Waals surface area contributed by atoms with Gasteiger partial charge in [-0.2, -0.15) is 18.4 Å². The van der Waals surface area contributed by atoms with E-state index in [0.717, 1.165) is 18.5 Å². The zero-order chi connectivity index (χ0) is 19.0. The highest BCUT2D eigenvalue weighted by Crippen LogP contribution is 2.31. The van der Waals surface area contributed by atoms with Crippen LogP contribution in [0, 0.1) is 11.3 Å². The van der Waals surface area contributed by atoms with E-state index in [1.807, 2.05) is 6.07 Å². The third-order valence-electron chi connectivity index (χ3n) is 3.23. The van der Waals surface area contributed by atoms with Crippen LogP contribution in [0.15, 0.2) is 47.9 Å². The lowest BCUT2D eigenvalue weighted by Gasteiger charge is -2.11. The number of oxime groups is 1.